The number of carbonyl (C=O) groups is 1. The lowest BCUT2D eigenvalue weighted by molar-refractivity contribution is 0.101. The van der Waals surface area contributed by atoms with Crippen molar-refractivity contribution in [3.8, 4) is 5.75 Å². The molecule has 0 amide bonds. The van der Waals surface area contributed by atoms with Crippen LogP contribution >= 0.6 is 0 Å². The topological polar surface area (TPSA) is 37.3 Å². The molecule has 0 spiro atoms. The third kappa shape index (κ3) is 5.53. The minimum absolute atomic E-state index is 0. The average molecular weight is 294 g/mol. The van der Waals surface area contributed by atoms with E-state index in [2.05, 4.69) is 0 Å². The second-order valence-corrected chi connectivity index (χ2v) is 6.98. The number of hydrogen-bond donors (Lipinski definition) is 1. The first-order chi connectivity index (χ1) is 8.94. The summed E-state index contributed by atoms with van der Waals surface area (Å²) in [6.45, 7) is 17.8. The normalized spacial score (nSPS) is 11.1. The van der Waals surface area contributed by atoms with Crippen LogP contribution in [0.5, 0.6) is 5.75 Å². The summed E-state index contributed by atoms with van der Waals surface area (Å²) >= 11 is 0. The third-order valence-corrected chi connectivity index (χ3v) is 3.13. The number of carbonyl (C=O) groups excluding carboxylic acids is 1. The van der Waals surface area contributed by atoms with E-state index in [0.717, 1.165) is 11.1 Å². The van der Waals surface area contributed by atoms with E-state index in [1.165, 1.54) is 0 Å². The maximum atomic E-state index is 11.6. The summed E-state index contributed by atoms with van der Waals surface area (Å²) in [6, 6.07) is 3.62. The molecule has 1 aromatic rings. The SMILES string of the molecule is C.CC.CC(=O)c1cc(C(C)(C)C)c(O)c(C(C)(C)C)c1. The van der Waals surface area contributed by atoms with Crippen LogP contribution in [0.25, 0.3) is 0 Å². The Kier molecular flexibility index (Phi) is 7.98. The Morgan fingerprint density at radius 1 is 0.905 bits per heavy atom. The van der Waals surface area contributed by atoms with Gasteiger partial charge in [0, 0.05) is 16.7 Å². The molecule has 0 saturated carbocycles. The summed E-state index contributed by atoms with van der Waals surface area (Å²) < 4.78 is 0. The lowest BCUT2D eigenvalue weighted by Gasteiger charge is -2.27. The van der Waals surface area contributed by atoms with Crippen LogP contribution in [0.3, 0.4) is 0 Å². The quantitative estimate of drug-likeness (QED) is 0.659. The van der Waals surface area contributed by atoms with E-state index in [1.54, 1.807) is 6.92 Å². The fourth-order valence-electron chi connectivity index (χ4n) is 1.98. The Bertz CT molecular complexity index is 436. The molecule has 0 bridgehead atoms. The van der Waals surface area contributed by atoms with Crippen molar-refractivity contribution in [2.45, 2.75) is 80.6 Å². The van der Waals surface area contributed by atoms with E-state index in [0.29, 0.717) is 11.3 Å². The summed E-state index contributed by atoms with van der Waals surface area (Å²) in [4.78, 5) is 11.6. The summed E-state index contributed by atoms with van der Waals surface area (Å²) in [5.74, 6) is 0.353. The van der Waals surface area contributed by atoms with E-state index >= 15 is 0 Å². The fraction of sp³-hybridized carbons (Fsp3) is 0.632. The van der Waals surface area contributed by atoms with Gasteiger partial charge in [-0.3, -0.25) is 4.79 Å². The Labute approximate surface area is 131 Å². The Balaban J connectivity index is 0. The molecule has 2 nitrogen and oxygen atoms in total. The van der Waals surface area contributed by atoms with Crippen molar-refractivity contribution in [1.29, 1.82) is 0 Å². The van der Waals surface area contributed by atoms with E-state index < -0.39 is 0 Å². The molecule has 0 aromatic heterocycles. The van der Waals surface area contributed by atoms with Gasteiger partial charge in [0.15, 0.2) is 5.78 Å². The highest BCUT2D eigenvalue weighted by molar-refractivity contribution is 5.95. The van der Waals surface area contributed by atoms with Gasteiger partial charge in [0.05, 0.1) is 0 Å². The van der Waals surface area contributed by atoms with Crippen molar-refractivity contribution in [1.82, 2.24) is 0 Å². The van der Waals surface area contributed by atoms with Gasteiger partial charge in [-0.25, -0.2) is 0 Å². The molecule has 0 aliphatic carbocycles. The minimum atomic E-state index is -0.185. The van der Waals surface area contributed by atoms with E-state index in [9.17, 15) is 9.90 Å². The van der Waals surface area contributed by atoms with Crippen LogP contribution in [-0.2, 0) is 10.8 Å². The van der Waals surface area contributed by atoms with Crippen LogP contribution < -0.4 is 0 Å². The molecule has 1 N–H and O–H groups in total. The second-order valence-electron chi connectivity index (χ2n) is 6.98. The number of ketones is 1. The fourth-order valence-corrected chi connectivity index (χ4v) is 1.98. The molecule has 0 aliphatic rings. The number of hydrogen-bond acceptors (Lipinski definition) is 2. The predicted molar refractivity (Wildman–Crippen MR) is 93.6 cm³/mol. The van der Waals surface area contributed by atoms with Gasteiger partial charge in [0.2, 0.25) is 0 Å². The number of rotatable bonds is 1. The molecule has 122 valence electrons. The van der Waals surface area contributed by atoms with Gasteiger partial charge >= 0.3 is 0 Å². The molecule has 21 heavy (non-hydrogen) atoms. The van der Waals surface area contributed by atoms with Crippen LogP contribution in [0.15, 0.2) is 12.1 Å². The summed E-state index contributed by atoms with van der Waals surface area (Å²) in [5.41, 5.74) is 1.97. The molecule has 0 radical (unpaired) electrons. The van der Waals surface area contributed by atoms with Crippen LogP contribution in [-0.4, -0.2) is 10.9 Å². The lowest BCUT2D eigenvalue weighted by Crippen LogP contribution is -2.18. The van der Waals surface area contributed by atoms with Crippen LogP contribution in [0.2, 0.25) is 0 Å². The van der Waals surface area contributed by atoms with Gasteiger partial charge in [-0.2, -0.15) is 0 Å². The van der Waals surface area contributed by atoms with E-state index in [-0.39, 0.29) is 24.0 Å². The van der Waals surface area contributed by atoms with Crippen molar-refractivity contribution in [3.63, 3.8) is 0 Å². The van der Waals surface area contributed by atoms with Crippen LogP contribution in [0.1, 0.15) is 91.2 Å². The molecule has 0 unspecified atom stereocenters. The number of benzene rings is 1. The molecule has 1 aromatic carbocycles. The standard InChI is InChI=1S/C16H24O2.C2H6.CH4/c1-10(17)11-8-12(15(2,3)4)14(18)13(9-11)16(5,6)7;1-2;/h8-9,18H,1-7H3;1-2H3;1H4. The van der Waals surface area contributed by atoms with E-state index in [1.807, 2.05) is 67.5 Å². The number of phenolic OH excluding ortho intramolecular Hbond substituents is 1. The van der Waals surface area contributed by atoms with Gasteiger partial charge in [0.1, 0.15) is 5.75 Å². The number of phenols is 1. The molecule has 0 fully saturated rings. The highest BCUT2D eigenvalue weighted by Crippen LogP contribution is 2.39. The first-order valence-electron chi connectivity index (χ1n) is 7.33. The number of aromatic hydroxyl groups is 1. The summed E-state index contributed by atoms with van der Waals surface area (Å²) in [7, 11) is 0. The smallest absolute Gasteiger partial charge is 0.159 e. The average Bonchev–Trinajstić information content (AvgIpc) is 2.28. The highest BCUT2D eigenvalue weighted by Gasteiger charge is 2.27. The van der Waals surface area contributed by atoms with Gasteiger partial charge < -0.3 is 5.11 Å². The lowest BCUT2D eigenvalue weighted by atomic mass is 9.78. The Morgan fingerprint density at radius 3 is 1.38 bits per heavy atom. The van der Waals surface area contributed by atoms with Crippen molar-refractivity contribution in [2.75, 3.05) is 0 Å². The zero-order valence-corrected chi connectivity index (χ0v) is 14.5. The largest absolute Gasteiger partial charge is 0.507 e. The van der Waals surface area contributed by atoms with Gasteiger partial charge in [-0.15, -0.1) is 0 Å². The molecule has 1 rings (SSSR count). The highest BCUT2D eigenvalue weighted by atomic mass is 16.3. The van der Waals surface area contributed by atoms with Crippen molar-refractivity contribution >= 4 is 5.78 Å². The third-order valence-electron chi connectivity index (χ3n) is 3.13. The molecular formula is C19H34O2. The van der Waals surface area contributed by atoms with Gasteiger partial charge in [-0.05, 0) is 29.9 Å². The molecule has 2 heteroatoms. The van der Waals surface area contributed by atoms with Gasteiger partial charge in [0.25, 0.3) is 0 Å². The first-order valence-corrected chi connectivity index (χ1v) is 7.33. The summed E-state index contributed by atoms with van der Waals surface area (Å²) in [6.07, 6.45) is 0. The monoisotopic (exact) mass is 294 g/mol. The maximum Gasteiger partial charge on any atom is 0.159 e. The van der Waals surface area contributed by atoms with Crippen molar-refractivity contribution in [3.05, 3.63) is 28.8 Å². The zero-order chi connectivity index (χ0) is 16.3. The molecule has 0 saturated heterocycles. The summed E-state index contributed by atoms with van der Waals surface area (Å²) in [5, 5.41) is 10.5. The predicted octanol–water partition coefficient (Wildman–Crippen LogP) is 5.85. The molecule has 0 aliphatic heterocycles. The first kappa shape index (κ1) is 22.0. The molecule has 0 heterocycles. The minimum Gasteiger partial charge on any atom is -0.507 e. The Hall–Kier alpha value is -1.31. The Morgan fingerprint density at radius 2 is 1.19 bits per heavy atom. The van der Waals surface area contributed by atoms with Gasteiger partial charge in [-0.1, -0.05) is 62.8 Å². The van der Waals surface area contributed by atoms with Crippen molar-refractivity contribution < 1.29 is 9.90 Å². The van der Waals surface area contributed by atoms with Crippen LogP contribution in [0.4, 0.5) is 0 Å². The maximum absolute atomic E-state index is 11.6. The number of Topliss-reactive ketones (excluding diaryl/α,β-unsaturated/α-hetero) is 1. The zero-order valence-electron chi connectivity index (χ0n) is 14.5. The molecule has 0 atom stereocenters. The van der Waals surface area contributed by atoms with Crippen LogP contribution in [0, 0.1) is 0 Å². The van der Waals surface area contributed by atoms with Crippen molar-refractivity contribution in [2.24, 2.45) is 0 Å². The van der Waals surface area contributed by atoms with E-state index in [4.69, 9.17) is 0 Å². The second kappa shape index (κ2) is 7.63. The molecular weight excluding hydrogens is 260 g/mol.